The molecule has 18 heavy (non-hydrogen) atoms. The van der Waals surface area contributed by atoms with Crippen LogP contribution in [0, 0.1) is 0 Å². The van der Waals surface area contributed by atoms with Crippen LogP contribution in [0.5, 0.6) is 0 Å². The molecule has 2 heterocycles. The van der Waals surface area contributed by atoms with Crippen LogP contribution in [0.2, 0.25) is 0 Å². The van der Waals surface area contributed by atoms with Gasteiger partial charge in [-0.1, -0.05) is 24.3 Å². The van der Waals surface area contributed by atoms with Gasteiger partial charge in [-0.3, -0.25) is 0 Å². The van der Waals surface area contributed by atoms with Gasteiger partial charge in [0.15, 0.2) is 0 Å². The van der Waals surface area contributed by atoms with Gasteiger partial charge in [0.1, 0.15) is 10.9 Å². The lowest BCUT2D eigenvalue weighted by molar-refractivity contribution is 0.104. The third-order valence-electron chi connectivity index (χ3n) is 3.14. The van der Waals surface area contributed by atoms with Crippen molar-refractivity contribution in [3.8, 4) is 0 Å². The van der Waals surface area contributed by atoms with Crippen molar-refractivity contribution in [1.29, 1.82) is 0 Å². The zero-order chi connectivity index (χ0) is 12.2. The molecule has 1 aromatic carbocycles. The van der Waals surface area contributed by atoms with Crippen LogP contribution < -0.4 is 0 Å². The number of hydrogen-bond acceptors (Lipinski definition) is 4. The minimum atomic E-state index is 0.229. The summed E-state index contributed by atoms with van der Waals surface area (Å²) in [5.41, 5.74) is 3.02. The van der Waals surface area contributed by atoms with E-state index in [0.717, 1.165) is 13.2 Å². The summed E-state index contributed by atoms with van der Waals surface area (Å²) < 4.78 is 11.6. The number of hydrogen-bond donors (Lipinski definition) is 0. The Morgan fingerprint density at radius 2 is 1.22 bits per heavy atom. The van der Waals surface area contributed by atoms with Gasteiger partial charge in [0.05, 0.1) is 0 Å². The van der Waals surface area contributed by atoms with Gasteiger partial charge < -0.3 is 9.47 Å². The smallest absolute Gasteiger partial charge is 0.128 e. The first-order valence-corrected chi connectivity index (χ1v) is 8.59. The Labute approximate surface area is 117 Å². The number of ether oxygens (including phenoxy) is 2. The lowest BCUT2D eigenvalue weighted by Crippen LogP contribution is -2.11. The highest BCUT2D eigenvalue weighted by atomic mass is 32.2. The Morgan fingerprint density at radius 1 is 0.778 bits per heavy atom. The summed E-state index contributed by atoms with van der Waals surface area (Å²) in [6.45, 7) is 1.78. The molecule has 0 N–H and O–H groups in total. The molecular formula is C14H18O2S2. The number of benzene rings is 1. The van der Waals surface area contributed by atoms with Crippen LogP contribution in [0.25, 0.3) is 0 Å². The maximum Gasteiger partial charge on any atom is 0.128 e. The molecular weight excluding hydrogens is 264 g/mol. The highest BCUT2D eigenvalue weighted by Crippen LogP contribution is 2.37. The Kier molecular flexibility index (Phi) is 4.52. The maximum atomic E-state index is 5.78. The first-order valence-electron chi connectivity index (χ1n) is 6.50. The molecule has 0 aromatic heterocycles. The van der Waals surface area contributed by atoms with Gasteiger partial charge in [-0.05, 0) is 35.5 Å². The summed E-state index contributed by atoms with van der Waals surface area (Å²) in [5.74, 6) is 2.40. The Morgan fingerprint density at radius 3 is 1.56 bits per heavy atom. The molecule has 4 heteroatoms. The Hall–Kier alpha value is -0.160. The van der Waals surface area contributed by atoms with E-state index in [9.17, 15) is 0 Å². The molecule has 0 radical (unpaired) electrons. The van der Waals surface area contributed by atoms with E-state index in [1.807, 2.05) is 23.5 Å². The van der Waals surface area contributed by atoms with Gasteiger partial charge in [-0.15, -0.1) is 23.5 Å². The lowest BCUT2D eigenvalue weighted by Gasteiger charge is -2.24. The second kappa shape index (κ2) is 6.33. The second-order valence-corrected chi connectivity index (χ2v) is 6.86. The fourth-order valence-electron chi connectivity index (χ4n) is 2.17. The predicted octanol–water partition coefficient (Wildman–Crippen LogP) is 3.99. The summed E-state index contributed by atoms with van der Waals surface area (Å²) in [7, 11) is 0. The van der Waals surface area contributed by atoms with Gasteiger partial charge in [0.25, 0.3) is 0 Å². The van der Waals surface area contributed by atoms with Crippen molar-refractivity contribution in [2.45, 2.75) is 23.7 Å². The van der Waals surface area contributed by atoms with Crippen molar-refractivity contribution in [3.05, 3.63) is 35.4 Å². The van der Waals surface area contributed by atoms with E-state index in [2.05, 4.69) is 24.3 Å². The van der Waals surface area contributed by atoms with E-state index in [0.29, 0.717) is 0 Å². The maximum absolute atomic E-state index is 5.78. The minimum Gasteiger partial charge on any atom is -0.363 e. The largest absolute Gasteiger partial charge is 0.363 e. The molecule has 0 spiro atoms. The highest BCUT2D eigenvalue weighted by molar-refractivity contribution is 7.99. The van der Waals surface area contributed by atoms with Gasteiger partial charge in [-0.25, -0.2) is 0 Å². The van der Waals surface area contributed by atoms with Crippen LogP contribution in [0.15, 0.2) is 24.3 Å². The lowest BCUT2D eigenvalue weighted by atomic mass is 10.1. The molecule has 0 bridgehead atoms. The van der Waals surface area contributed by atoms with E-state index < -0.39 is 0 Å². The van der Waals surface area contributed by atoms with Crippen molar-refractivity contribution in [3.63, 3.8) is 0 Å². The van der Waals surface area contributed by atoms with Crippen LogP contribution in [-0.2, 0) is 9.47 Å². The number of rotatable bonds is 2. The third kappa shape index (κ3) is 3.05. The van der Waals surface area contributed by atoms with E-state index in [1.54, 1.807) is 0 Å². The fourth-order valence-corrected chi connectivity index (χ4v) is 4.25. The summed E-state index contributed by atoms with van der Waals surface area (Å²) in [6, 6.07) is 8.77. The summed E-state index contributed by atoms with van der Waals surface area (Å²) >= 11 is 3.80. The molecule has 0 aliphatic carbocycles. The van der Waals surface area contributed by atoms with Crippen LogP contribution in [0.1, 0.15) is 34.8 Å². The summed E-state index contributed by atoms with van der Waals surface area (Å²) in [5, 5.41) is 0. The fraction of sp³-hybridized carbons (Fsp3) is 0.571. The Balaban J connectivity index is 1.67. The first-order chi connectivity index (χ1) is 8.93. The molecule has 2 aliphatic rings. The van der Waals surface area contributed by atoms with Gasteiger partial charge in [-0.2, -0.15) is 0 Å². The van der Waals surface area contributed by atoms with Gasteiger partial charge in [0.2, 0.25) is 0 Å². The van der Waals surface area contributed by atoms with E-state index in [4.69, 9.17) is 9.47 Å². The Bertz CT molecular complexity index is 331. The zero-order valence-electron chi connectivity index (χ0n) is 10.3. The topological polar surface area (TPSA) is 18.5 Å². The summed E-state index contributed by atoms with van der Waals surface area (Å²) in [6.07, 6.45) is 2.34. The van der Waals surface area contributed by atoms with Crippen LogP contribution >= 0.6 is 23.5 Å². The molecule has 2 aliphatic heterocycles. The van der Waals surface area contributed by atoms with Crippen molar-refractivity contribution in [2.24, 2.45) is 0 Å². The van der Waals surface area contributed by atoms with E-state index >= 15 is 0 Å². The van der Waals surface area contributed by atoms with E-state index in [-0.39, 0.29) is 10.9 Å². The van der Waals surface area contributed by atoms with Crippen LogP contribution in [-0.4, -0.2) is 24.7 Å². The van der Waals surface area contributed by atoms with Crippen LogP contribution in [0.3, 0.4) is 0 Å². The molecule has 2 atom stereocenters. The molecule has 98 valence electrons. The van der Waals surface area contributed by atoms with Gasteiger partial charge in [0, 0.05) is 13.2 Å². The summed E-state index contributed by atoms with van der Waals surface area (Å²) in [4.78, 5) is 0. The molecule has 2 fully saturated rings. The average Bonchev–Trinajstić information content (AvgIpc) is 2.49. The molecule has 1 aromatic rings. The molecule has 3 rings (SSSR count). The third-order valence-corrected chi connectivity index (χ3v) is 5.61. The normalized spacial score (nSPS) is 29.1. The van der Waals surface area contributed by atoms with Crippen molar-refractivity contribution < 1.29 is 9.47 Å². The minimum absolute atomic E-state index is 0.229. The number of thioether (sulfide) groups is 2. The molecule has 2 saturated heterocycles. The molecule has 2 nitrogen and oxygen atoms in total. The SMILES string of the molecule is c1cc(C2OCCCS2)ccc1C1OCCCS1. The van der Waals surface area contributed by atoms with Crippen molar-refractivity contribution in [1.82, 2.24) is 0 Å². The second-order valence-electron chi connectivity index (χ2n) is 4.52. The van der Waals surface area contributed by atoms with Crippen LogP contribution in [0.4, 0.5) is 0 Å². The zero-order valence-corrected chi connectivity index (χ0v) is 12.0. The average molecular weight is 282 g/mol. The standard InChI is InChI=1S/C14H18O2S2/c1-7-15-13(17-9-1)11-3-5-12(6-4-11)14-16-8-2-10-18-14/h3-6,13-14H,1-2,7-10H2. The highest BCUT2D eigenvalue weighted by Gasteiger charge is 2.19. The van der Waals surface area contributed by atoms with Crippen molar-refractivity contribution >= 4 is 23.5 Å². The molecule has 0 amide bonds. The predicted molar refractivity (Wildman–Crippen MR) is 78.0 cm³/mol. The molecule has 0 saturated carbocycles. The first kappa shape index (κ1) is 12.9. The van der Waals surface area contributed by atoms with E-state index in [1.165, 1.54) is 35.5 Å². The van der Waals surface area contributed by atoms with Crippen molar-refractivity contribution in [2.75, 3.05) is 24.7 Å². The quantitative estimate of drug-likeness (QED) is 0.816. The monoisotopic (exact) mass is 282 g/mol. The molecule has 2 unspecified atom stereocenters. The van der Waals surface area contributed by atoms with Gasteiger partial charge >= 0.3 is 0 Å².